The zero-order valence-corrected chi connectivity index (χ0v) is 23.1. The third-order valence-corrected chi connectivity index (χ3v) is 6.60. The number of nitrogens with zero attached hydrogens (tertiary/aromatic N) is 2. The van der Waals surface area contributed by atoms with Crippen molar-refractivity contribution in [1.29, 1.82) is 0 Å². The first-order valence-electron chi connectivity index (χ1n) is 11.6. The van der Waals surface area contributed by atoms with Crippen LogP contribution in [0, 0.1) is 13.8 Å². The molecule has 0 spiro atoms. The molecule has 0 saturated heterocycles. The molecule has 0 bridgehead atoms. The lowest BCUT2D eigenvalue weighted by Crippen LogP contribution is -2.10. The zero-order valence-electron chi connectivity index (χ0n) is 20.8. The van der Waals surface area contributed by atoms with Gasteiger partial charge in [-0.3, -0.25) is 9.48 Å². The fourth-order valence-electron chi connectivity index (χ4n) is 3.84. The van der Waals surface area contributed by atoms with Gasteiger partial charge < -0.3 is 14.8 Å². The van der Waals surface area contributed by atoms with Crippen LogP contribution >= 0.6 is 27.5 Å². The molecule has 8 heteroatoms. The lowest BCUT2D eigenvalue weighted by Gasteiger charge is -2.11. The van der Waals surface area contributed by atoms with Gasteiger partial charge in [0, 0.05) is 21.1 Å². The molecule has 0 unspecified atom stereocenters. The topological polar surface area (TPSA) is 65.4 Å². The van der Waals surface area contributed by atoms with Gasteiger partial charge in [0.25, 0.3) is 0 Å². The van der Waals surface area contributed by atoms with Gasteiger partial charge in [-0.05, 0) is 79.6 Å². The average Bonchev–Trinajstić information content (AvgIpc) is 3.15. The van der Waals surface area contributed by atoms with Gasteiger partial charge in [0.05, 0.1) is 30.7 Å². The average molecular weight is 581 g/mol. The Kier molecular flexibility index (Phi) is 8.69. The minimum atomic E-state index is -0.235. The number of nitrogens with one attached hydrogen (secondary N) is 1. The number of ether oxygens (including phenoxy) is 2. The first-order valence-corrected chi connectivity index (χ1v) is 12.8. The second kappa shape index (κ2) is 12.1. The molecule has 0 aliphatic heterocycles. The standard InChI is InChI=1S/C29H27BrClN3O3/c1-19-29(20(2)34(33-19)17-22-4-10-25(31)11-5-22)32-28(35)15-7-21-6-14-27(36-3)23(16-21)18-37-26-12-8-24(30)9-13-26/h4-16H,17-18H2,1-3H3,(H,32,35). The number of hydrogen-bond acceptors (Lipinski definition) is 4. The van der Waals surface area contributed by atoms with Gasteiger partial charge in [-0.15, -0.1) is 0 Å². The molecular weight excluding hydrogens is 554 g/mol. The van der Waals surface area contributed by atoms with Crippen molar-refractivity contribution in [2.24, 2.45) is 0 Å². The van der Waals surface area contributed by atoms with Crippen LogP contribution in [0.2, 0.25) is 5.02 Å². The summed E-state index contributed by atoms with van der Waals surface area (Å²) in [5, 5.41) is 8.26. The summed E-state index contributed by atoms with van der Waals surface area (Å²) in [6.07, 6.45) is 3.28. The highest BCUT2D eigenvalue weighted by Crippen LogP contribution is 2.25. The molecule has 4 rings (SSSR count). The molecule has 4 aromatic rings. The van der Waals surface area contributed by atoms with E-state index < -0.39 is 0 Å². The molecule has 3 aromatic carbocycles. The maximum atomic E-state index is 12.7. The number of anilines is 1. The van der Waals surface area contributed by atoms with Crippen molar-refractivity contribution in [3.8, 4) is 11.5 Å². The Morgan fingerprint density at radius 3 is 2.51 bits per heavy atom. The molecule has 0 aliphatic rings. The van der Waals surface area contributed by atoms with Crippen molar-refractivity contribution < 1.29 is 14.3 Å². The Morgan fingerprint density at radius 1 is 1.08 bits per heavy atom. The monoisotopic (exact) mass is 579 g/mol. The first kappa shape index (κ1) is 26.5. The molecule has 0 saturated carbocycles. The maximum absolute atomic E-state index is 12.7. The Bertz CT molecular complexity index is 1410. The van der Waals surface area contributed by atoms with Crippen molar-refractivity contribution >= 4 is 45.2 Å². The molecule has 0 radical (unpaired) electrons. The number of methoxy groups -OCH3 is 1. The van der Waals surface area contributed by atoms with Gasteiger partial charge in [-0.2, -0.15) is 5.10 Å². The Balaban J connectivity index is 1.42. The number of carbonyl (C=O) groups excluding carboxylic acids is 1. The highest BCUT2D eigenvalue weighted by atomic mass is 79.9. The van der Waals surface area contributed by atoms with E-state index in [1.807, 2.05) is 85.3 Å². The summed E-state index contributed by atoms with van der Waals surface area (Å²) in [7, 11) is 1.62. The van der Waals surface area contributed by atoms with Gasteiger partial charge >= 0.3 is 0 Å². The van der Waals surface area contributed by atoms with E-state index in [9.17, 15) is 4.79 Å². The minimum Gasteiger partial charge on any atom is -0.496 e. The summed E-state index contributed by atoms with van der Waals surface area (Å²) in [6, 6.07) is 21.0. The summed E-state index contributed by atoms with van der Waals surface area (Å²) < 4.78 is 14.3. The van der Waals surface area contributed by atoms with Crippen molar-refractivity contribution in [3.05, 3.63) is 110 Å². The normalized spacial score (nSPS) is 11.1. The molecular formula is C29H27BrClN3O3. The van der Waals surface area contributed by atoms with Crippen LogP contribution in [-0.2, 0) is 17.9 Å². The van der Waals surface area contributed by atoms with Crippen molar-refractivity contribution in [3.63, 3.8) is 0 Å². The van der Waals surface area contributed by atoms with Gasteiger partial charge in [0.15, 0.2) is 0 Å². The highest BCUT2D eigenvalue weighted by molar-refractivity contribution is 9.10. The largest absolute Gasteiger partial charge is 0.496 e. The van der Waals surface area contributed by atoms with E-state index in [1.54, 1.807) is 13.2 Å². The van der Waals surface area contributed by atoms with Crippen LogP contribution in [-0.4, -0.2) is 22.8 Å². The number of amides is 1. The van der Waals surface area contributed by atoms with E-state index >= 15 is 0 Å². The summed E-state index contributed by atoms with van der Waals surface area (Å²) >= 11 is 9.41. The molecule has 0 aliphatic carbocycles. The summed E-state index contributed by atoms with van der Waals surface area (Å²) in [4.78, 5) is 12.7. The molecule has 0 fully saturated rings. The number of aromatic nitrogens is 2. The van der Waals surface area contributed by atoms with Crippen LogP contribution in [0.5, 0.6) is 11.5 Å². The second-order valence-corrected chi connectivity index (χ2v) is 9.82. The van der Waals surface area contributed by atoms with Crippen LogP contribution < -0.4 is 14.8 Å². The maximum Gasteiger partial charge on any atom is 0.248 e. The van der Waals surface area contributed by atoms with E-state index in [4.69, 9.17) is 21.1 Å². The third kappa shape index (κ3) is 7.02. The highest BCUT2D eigenvalue weighted by Gasteiger charge is 2.14. The predicted octanol–water partition coefficient (Wildman–Crippen LogP) is 7.20. The summed E-state index contributed by atoms with van der Waals surface area (Å²) in [6.45, 7) is 4.75. The first-order chi connectivity index (χ1) is 17.8. The van der Waals surface area contributed by atoms with Gasteiger partial charge in [-0.25, -0.2) is 0 Å². The van der Waals surface area contributed by atoms with E-state index in [2.05, 4.69) is 26.3 Å². The molecule has 6 nitrogen and oxygen atoms in total. The van der Waals surface area contributed by atoms with E-state index in [0.29, 0.717) is 23.9 Å². The number of aryl methyl sites for hydroxylation is 1. The molecule has 1 amide bonds. The predicted molar refractivity (Wildman–Crippen MR) is 151 cm³/mol. The van der Waals surface area contributed by atoms with Gasteiger partial charge in [0.1, 0.15) is 18.1 Å². The summed E-state index contributed by atoms with van der Waals surface area (Å²) in [5.41, 5.74) is 5.16. The molecule has 1 aromatic heterocycles. The van der Waals surface area contributed by atoms with Crippen LogP contribution in [0.25, 0.3) is 6.08 Å². The van der Waals surface area contributed by atoms with Crippen molar-refractivity contribution in [2.45, 2.75) is 27.0 Å². The SMILES string of the molecule is COc1ccc(C=CC(=O)Nc2c(C)nn(Cc3ccc(Cl)cc3)c2C)cc1COc1ccc(Br)cc1. The van der Waals surface area contributed by atoms with E-state index in [1.165, 1.54) is 6.08 Å². The van der Waals surface area contributed by atoms with Crippen LogP contribution in [0.3, 0.4) is 0 Å². The van der Waals surface area contributed by atoms with E-state index in [-0.39, 0.29) is 5.91 Å². The Labute approximate surface area is 230 Å². The number of benzene rings is 3. The Morgan fingerprint density at radius 2 is 1.81 bits per heavy atom. The molecule has 1 N–H and O–H groups in total. The Hall–Kier alpha value is -3.55. The number of rotatable bonds is 9. The fraction of sp³-hybridized carbons (Fsp3) is 0.172. The lowest BCUT2D eigenvalue weighted by atomic mass is 10.1. The number of carbonyl (C=O) groups is 1. The molecule has 37 heavy (non-hydrogen) atoms. The number of hydrogen-bond donors (Lipinski definition) is 1. The van der Waals surface area contributed by atoms with E-state index in [0.717, 1.165) is 44.0 Å². The van der Waals surface area contributed by atoms with Crippen LogP contribution in [0.4, 0.5) is 5.69 Å². The van der Waals surface area contributed by atoms with Gasteiger partial charge in [0.2, 0.25) is 5.91 Å². The van der Waals surface area contributed by atoms with Gasteiger partial charge in [-0.1, -0.05) is 45.7 Å². The molecule has 1 heterocycles. The van der Waals surface area contributed by atoms with Crippen LogP contribution in [0.1, 0.15) is 28.1 Å². The minimum absolute atomic E-state index is 0.235. The quantitative estimate of drug-likeness (QED) is 0.213. The zero-order chi connectivity index (χ0) is 26.4. The van der Waals surface area contributed by atoms with Crippen molar-refractivity contribution in [1.82, 2.24) is 9.78 Å². The summed E-state index contributed by atoms with van der Waals surface area (Å²) in [5.74, 6) is 1.24. The molecule has 0 atom stereocenters. The fourth-order valence-corrected chi connectivity index (χ4v) is 4.23. The molecule has 190 valence electrons. The van der Waals surface area contributed by atoms with Crippen LogP contribution in [0.15, 0.2) is 77.3 Å². The number of halogens is 2. The third-order valence-electron chi connectivity index (χ3n) is 5.81. The smallest absolute Gasteiger partial charge is 0.248 e. The second-order valence-electron chi connectivity index (χ2n) is 8.47. The lowest BCUT2D eigenvalue weighted by molar-refractivity contribution is -0.111. The van der Waals surface area contributed by atoms with Crippen molar-refractivity contribution in [2.75, 3.05) is 12.4 Å².